The van der Waals surface area contributed by atoms with Gasteiger partial charge < -0.3 is 5.32 Å². The molecule has 98 valence electrons. The van der Waals surface area contributed by atoms with Crippen LogP contribution in [0.15, 0.2) is 0 Å². The Morgan fingerprint density at radius 2 is 1.69 bits per heavy atom. The zero-order valence-electron chi connectivity index (χ0n) is 8.75. The number of alkyl halides is 6. The highest BCUT2D eigenvalue weighted by Gasteiger charge is 2.31. The number of rotatable bonds is 6. The lowest BCUT2D eigenvalue weighted by Crippen LogP contribution is -2.39. The maximum atomic E-state index is 12.2. The van der Waals surface area contributed by atoms with Crippen LogP contribution in [-0.2, 0) is 0 Å². The van der Waals surface area contributed by atoms with Crippen LogP contribution in [0, 0.1) is 0 Å². The minimum Gasteiger partial charge on any atom is -0.318 e. The molecule has 0 radical (unpaired) electrons. The Bertz CT molecular complexity index is 194. The SMILES string of the molecule is CNCCN(CCC(Cl)(Cl)Cl)CC(F)(F)F. The molecule has 0 amide bonds. The van der Waals surface area contributed by atoms with Crippen molar-refractivity contribution in [2.45, 2.75) is 16.4 Å². The Morgan fingerprint density at radius 3 is 2.06 bits per heavy atom. The fourth-order valence-corrected chi connectivity index (χ4v) is 1.33. The molecule has 0 saturated heterocycles. The molecule has 0 aliphatic carbocycles. The van der Waals surface area contributed by atoms with Crippen molar-refractivity contribution in [1.29, 1.82) is 0 Å². The first kappa shape index (κ1) is 16.6. The van der Waals surface area contributed by atoms with Crippen LogP contribution in [0.25, 0.3) is 0 Å². The normalized spacial score (nSPS) is 13.5. The second-order valence-electron chi connectivity index (χ2n) is 3.36. The number of hydrogen-bond acceptors (Lipinski definition) is 2. The molecule has 0 fully saturated rings. The van der Waals surface area contributed by atoms with Gasteiger partial charge in [0.2, 0.25) is 0 Å². The third-order valence-corrected chi connectivity index (χ3v) is 2.36. The van der Waals surface area contributed by atoms with E-state index in [0.29, 0.717) is 6.54 Å². The van der Waals surface area contributed by atoms with Crippen LogP contribution in [-0.4, -0.2) is 48.1 Å². The minimum atomic E-state index is -4.23. The predicted molar refractivity (Wildman–Crippen MR) is 61.3 cm³/mol. The molecule has 1 N–H and O–H groups in total. The molecule has 0 aromatic heterocycles. The smallest absolute Gasteiger partial charge is 0.318 e. The number of likely N-dealkylation sites (N-methyl/N-ethyl adjacent to an activating group) is 1. The topological polar surface area (TPSA) is 15.3 Å². The lowest BCUT2D eigenvalue weighted by Gasteiger charge is -2.25. The van der Waals surface area contributed by atoms with Gasteiger partial charge in [0.1, 0.15) is 0 Å². The molecule has 2 nitrogen and oxygen atoms in total. The van der Waals surface area contributed by atoms with Crippen molar-refractivity contribution in [3.8, 4) is 0 Å². The van der Waals surface area contributed by atoms with E-state index in [2.05, 4.69) is 5.32 Å². The van der Waals surface area contributed by atoms with Crippen LogP contribution in [0.5, 0.6) is 0 Å². The maximum Gasteiger partial charge on any atom is 0.401 e. The lowest BCUT2D eigenvalue weighted by atomic mass is 10.3. The molecular formula is C8H14Cl3F3N2. The molecule has 0 unspecified atom stereocenters. The highest BCUT2D eigenvalue weighted by molar-refractivity contribution is 6.67. The van der Waals surface area contributed by atoms with Gasteiger partial charge in [-0.15, -0.1) is 0 Å². The van der Waals surface area contributed by atoms with Crippen LogP contribution in [0.3, 0.4) is 0 Å². The molecular weight excluding hydrogens is 287 g/mol. The minimum absolute atomic E-state index is 0.0669. The monoisotopic (exact) mass is 300 g/mol. The Morgan fingerprint density at radius 1 is 1.12 bits per heavy atom. The Kier molecular flexibility index (Phi) is 7.37. The third kappa shape index (κ3) is 11.1. The number of halogens is 6. The highest BCUT2D eigenvalue weighted by atomic mass is 35.6. The van der Waals surface area contributed by atoms with E-state index in [4.69, 9.17) is 34.8 Å². The van der Waals surface area contributed by atoms with Crippen LogP contribution >= 0.6 is 34.8 Å². The summed E-state index contributed by atoms with van der Waals surface area (Å²) in [4.78, 5) is 1.21. The van der Waals surface area contributed by atoms with Gasteiger partial charge in [0.15, 0.2) is 3.79 Å². The van der Waals surface area contributed by atoms with Gasteiger partial charge in [-0.2, -0.15) is 13.2 Å². The fraction of sp³-hybridized carbons (Fsp3) is 1.00. The number of hydrogen-bond donors (Lipinski definition) is 1. The average Bonchev–Trinajstić information content (AvgIpc) is 2.06. The fourth-order valence-electron chi connectivity index (χ4n) is 1.08. The van der Waals surface area contributed by atoms with E-state index in [-0.39, 0.29) is 19.5 Å². The summed E-state index contributed by atoms with van der Waals surface area (Å²) in [5.74, 6) is 0. The van der Waals surface area contributed by atoms with Crippen molar-refractivity contribution in [3.05, 3.63) is 0 Å². The summed E-state index contributed by atoms with van der Waals surface area (Å²) < 4.78 is 35.1. The van der Waals surface area contributed by atoms with Crippen molar-refractivity contribution < 1.29 is 13.2 Å². The quantitative estimate of drug-likeness (QED) is 0.759. The molecule has 8 heteroatoms. The zero-order chi connectivity index (χ0) is 12.8. The standard InChI is InChI=1S/C8H14Cl3F3N2/c1-15-3-5-16(6-8(12,13)14)4-2-7(9,10)11/h15H,2-6H2,1H3. The van der Waals surface area contributed by atoms with Gasteiger partial charge in [-0.1, -0.05) is 34.8 Å². The van der Waals surface area contributed by atoms with Crippen LogP contribution < -0.4 is 5.32 Å². The summed E-state index contributed by atoms with van der Waals surface area (Å²) in [6, 6.07) is 0. The lowest BCUT2D eigenvalue weighted by molar-refractivity contribution is -0.145. The molecule has 0 atom stereocenters. The molecule has 0 bridgehead atoms. The predicted octanol–water partition coefficient (Wildman–Crippen LogP) is 2.83. The summed E-state index contributed by atoms with van der Waals surface area (Å²) in [5, 5.41) is 2.77. The largest absolute Gasteiger partial charge is 0.401 e. The molecule has 0 aromatic carbocycles. The van der Waals surface area contributed by atoms with Crippen molar-refractivity contribution in [1.82, 2.24) is 10.2 Å². The van der Waals surface area contributed by atoms with Gasteiger partial charge in [-0.25, -0.2) is 0 Å². The summed E-state index contributed by atoms with van der Waals surface area (Å²) in [7, 11) is 1.67. The second kappa shape index (κ2) is 7.11. The first-order chi connectivity index (χ1) is 7.14. The molecule has 0 heterocycles. The van der Waals surface area contributed by atoms with Crippen molar-refractivity contribution in [2.24, 2.45) is 0 Å². The van der Waals surface area contributed by atoms with Gasteiger partial charge in [-0.3, -0.25) is 4.90 Å². The van der Waals surface area contributed by atoms with Crippen molar-refractivity contribution >= 4 is 34.8 Å². The van der Waals surface area contributed by atoms with E-state index in [0.717, 1.165) is 0 Å². The van der Waals surface area contributed by atoms with E-state index >= 15 is 0 Å². The molecule has 0 aliphatic rings. The zero-order valence-corrected chi connectivity index (χ0v) is 11.0. The number of nitrogens with zero attached hydrogens (tertiary/aromatic N) is 1. The molecule has 16 heavy (non-hydrogen) atoms. The van der Waals surface area contributed by atoms with Gasteiger partial charge in [0.25, 0.3) is 0 Å². The maximum absolute atomic E-state index is 12.2. The van der Waals surface area contributed by atoms with Gasteiger partial charge in [0, 0.05) is 26.1 Å². The average molecular weight is 302 g/mol. The first-order valence-corrected chi connectivity index (χ1v) is 5.78. The summed E-state index contributed by atoms with van der Waals surface area (Å²) in [5.41, 5.74) is 0. The van der Waals surface area contributed by atoms with E-state index in [1.54, 1.807) is 7.05 Å². The molecule has 0 aliphatic heterocycles. The first-order valence-electron chi connectivity index (χ1n) is 4.64. The summed E-state index contributed by atoms with van der Waals surface area (Å²) in [6.07, 6.45) is -4.17. The summed E-state index contributed by atoms with van der Waals surface area (Å²) in [6.45, 7) is -0.181. The Labute approximate surface area is 108 Å². The Balaban J connectivity index is 4.10. The van der Waals surface area contributed by atoms with Gasteiger partial charge in [-0.05, 0) is 7.05 Å². The van der Waals surface area contributed by atoms with Crippen molar-refractivity contribution in [3.63, 3.8) is 0 Å². The van der Waals surface area contributed by atoms with Crippen LogP contribution in [0.4, 0.5) is 13.2 Å². The van der Waals surface area contributed by atoms with E-state index < -0.39 is 16.5 Å². The third-order valence-electron chi connectivity index (χ3n) is 1.79. The van der Waals surface area contributed by atoms with E-state index in [1.165, 1.54) is 4.90 Å². The molecule has 0 saturated carbocycles. The molecule has 0 aromatic rings. The van der Waals surface area contributed by atoms with Crippen LogP contribution in [0.1, 0.15) is 6.42 Å². The van der Waals surface area contributed by atoms with E-state index in [9.17, 15) is 13.2 Å². The second-order valence-corrected chi connectivity index (χ2v) is 5.88. The van der Waals surface area contributed by atoms with Crippen molar-refractivity contribution in [2.75, 3.05) is 33.2 Å². The molecule has 0 rings (SSSR count). The van der Waals surface area contributed by atoms with Gasteiger partial charge in [0.05, 0.1) is 6.54 Å². The highest BCUT2D eigenvalue weighted by Crippen LogP contribution is 2.30. The number of nitrogens with one attached hydrogen (secondary N) is 1. The van der Waals surface area contributed by atoms with E-state index in [1.807, 2.05) is 0 Å². The molecule has 0 spiro atoms. The Hall–Kier alpha value is 0.580. The summed E-state index contributed by atoms with van der Waals surface area (Å²) >= 11 is 16.5. The van der Waals surface area contributed by atoms with Crippen LogP contribution in [0.2, 0.25) is 0 Å². The van der Waals surface area contributed by atoms with Gasteiger partial charge >= 0.3 is 6.18 Å².